The summed E-state index contributed by atoms with van der Waals surface area (Å²) < 4.78 is 1.82. The minimum absolute atomic E-state index is 0.254. The molecule has 1 aromatic rings. The van der Waals surface area contributed by atoms with Crippen molar-refractivity contribution in [2.24, 2.45) is 18.4 Å². The third-order valence-corrected chi connectivity index (χ3v) is 2.63. The molecule has 3 nitrogen and oxygen atoms in total. The van der Waals surface area contributed by atoms with Crippen molar-refractivity contribution in [3.05, 3.63) is 12.4 Å². The molecule has 0 radical (unpaired) electrons. The molecule has 0 aromatic carbocycles. The van der Waals surface area contributed by atoms with Crippen molar-refractivity contribution in [3.8, 4) is 0 Å². The second-order valence-corrected chi connectivity index (χ2v) is 5.63. The Morgan fingerprint density at radius 3 is 2.27 bits per heavy atom. The third-order valence-electron chi connectivity index (χ3n) is 2.63. The SMILES string of the molecule is CC(C)C(Nc1cnn(C)c1)C(C)(C)C. The van der Waals surface area contributed by atoms with Crippen LogP contribution in [0.3, 0.4) is 0 Å². The second-order valence-electron chi connectivity index (χ2n) is 5.63. The van der Waals surface area contributed by atoms with E-state index >= 15 is 0 Å². The number of hydrogen-bond acceptors (Lipinski definition) is 2. The Morgan fingerprint density at radius 2 is 1.93 bits per heavy atom. The Hall–Kier alpha value is -0.990. The lowest BCUT2D eigenvalue weighted by Crippen LogP contribution is -2.38. The van der Waals surface area contributed by atoms with Crippen LogP contribution in [0.15, 0.2) is 12.4 Å². The quantitative estimate of drug-likeness (QED) is 0.829. The molecule has 0 aliphatic heterocycles. The first kappa shape index (κ1) is 12.1. The molecule has 0 fully saturated rings. The predicted octanol–water partition coefficient (Wildman–Crippen LogP) is 2.90. The first-order valence-corrected chi connectivity index (χ1v) is 5.56. The molecule has 0 bridgehead atoms. The fourth-order valence-electron chi connectivity index (χ4n) is 2.06. The van der Waals surface area contributed by atoms with Crippen molar-refractivity contribution in [3.63, 3.8) is 0 Å². The first-order valence-electron chi connectivity index (χ1n) is 5.56. The molecule has 1 unspecified atom stereocenters. The van der Waals surface area contributed by atoms with Crippen LogP contribution in [0.1, 0.15) is 34.6 Å². The summed E-state index contributed by atoms with van der Waals surface area (Å²) in [6.45, 7) is 11.3. The van der Waals surface area contributed by atoms with Crippen LogP contribution in [-0.2, 0) is 7.05 Å². The standard InChI is InChI=1S/C12H23N3/c1-9(2)11(12(3,4)5)14-10-7-13-15(6)8-10/h7-9,11,14H,1-6H3. The monoisotopic (exact) mass is 209 g/mol. The summed E-state index contributed by atoms with van der Waals surface area (Å²) in [4.78, 5) is 0. The van der Waals surface area contributed by atoms with Gasteiger partial charge in [0, 0.05) is 19.3 Å². The van der Waals surface area contributed by atoms with Gasteiger partial charge in [0.2, 0.25) is 0 Å². The van der Waals surface area contributed by atoms with E-state index in [-0.39, 0.29) is 5.41 Å². The molecule has 1 N–H and O–H groups in total. The molecule has 15 heavy (non-hydrogen) atoms. The van der Waals surface area contributed by atoms with E-state index in [0.717, 1.165) is 5.69 Å². The van der Waals surface area contributed by atoms with Gasteiger partial charge in [-0.3, -0.25) is 4.68 Å². The summed E-state index contributed by atoms with van der Waals surface area (Å²) in [6, 6.07) is 0.460. The van der Waals surface area contributed by atoms with E-state index in [4.69, 9.17) is 0 Å². The lowest BCUT2D eigenvalue weighted by Gasteiger charge is -2.35. The maximum Gasteiger partial charge on any atom is 0.0728 e. The molecule has 86 valence electrons. The van der Waals surface area contributed by atoms with Gasteiger partial charge in [0.25, 0.3) is 0 Å². The Labute approximate surface area is 92.9 Å². The van der Waals surface area contributed by atoms with E-state index in [1.807, 2.05) is 24.1 Å². The van der Waals surface area contributed by atoms with Gasteiger partial charge in [-0.05, 0) is 11.3 Å². The van der Waals surface area contributed by atoms with E-state index < -0.39 is 0 Å². The topological polar surface area (TPSA) is 29.9 Å². The molecule has 1 heterocycles. The largest absolute Gasteiger partial charge is 0.379 e. The average Bonchev–Trinajstić information content (AvgIpc) is 2.44. The summed E-state index contributed by atoms with van der Waals surface area (Å²) in [5.74, 6) is 0.602. The molecule has 0 aliphatic carbocycles. The van der Waals surface area contributed by atoms with Gasteiger partial charge in [-0.2, -0.15) is 5.10 Å². The zero-order chi connectivity index (χ0) is 11.6. The molecule has 3 heteroatoms. The molecule has 1 atom stereocenters. The fourth-order valence-corrected chi connectivity index (χ4v) is 2.06. The number of anilines is 1. The van der Waals surface area contributed by atoms with E-state index in [1.54, 1.807) is 0 Å². The number of rotatable bonds is 3. The lowest BCUT2D eigenvalue weighted by atomic mass is 9.80. The molecular weight excluding hydrogens is 186 g/mol. The molecule has 1 rings (SSSR count). The summed E-state index contributed by atoms with van der Waals surface area (Å²) in [6.07, 6.45) is 3.89. The highest BCUT2D eigenvalue weighted by Gasteiger charge is 2.27. The van der Waals surface area contributed by atoms with Gasteiger partial charge < -0.3 is 5.32 Å². The molecule has 0 saturated heterocycles. The number of nitrogens with one attached hydrogen (secondary N) is 1. The Bertz CT molecular complexity index is 307. The molecule has 0 aliphatic rings. The van der Waals surface area contributed by atoms with E-state index in [1.165, 1.54) is 0 Å². The minimum Gasteiger partial charge on any atom is -0.379 e. The first-order chi connectivity index (χ1) is 6.80. The van der Waals surface area contributed by atoms with Crippen LogP contribution in [-0.4, -0.2) is 15.8 Å². The number of aryl methyl sites for hydroxylation is 1. The van der Waals surface area contributed by atoms with Crippen molar-refractivity contribution in [2.45, 2.75) is 40.7 Å². The Balaban J connectivity index is 2.76. The summed E-state index contributed by atoms with van der Waals surface area (Å²) in [7, 11) is 1.94. The second kappa shape index (κ2) is 4.25. The van der Waals surface area contributed by atoms with Crippen molar-refractivity contribution < 1.29 is 0 Å². The maximum absolute atomic E-state index is 4.17. The van der Waals surface area contributed by atoms with Crippen LogP contribution >= 0.6 is 0 Å². The third kappa shape index (κ3) is 3.26. The van der Waals surface area contributed by atoms with Crippen LogP contribution in [0.4, 0.5) is 5.69 Å². The van der Waals surface area contributed by atoms with Crippen LogP contribution in [0.2, 0.25) is 0 Å². The van der Waals surface area contributed by atoms with Gasteiger partial charge in [-0.1, -0.05) is 34.6 Å². The Kier molecular flexibility index (Phi) is 3.42. The molecular formula is C12H23N3. The zero-order valence-corrected chi connectivity index (χ0v) is 10.7. The summed E-state index contributed by atoms with van der Waals surface area (Å²) in [5.41, 5.74) is 1.36. The van der Waals surface area contributed by atoms with Gasteiger partial charge in [-0.15, -0.1) is 0 Å². The normalized spacial score (nSPS) is 14.3. The van der Waals surface area contributed by atoms with Gasteiger partial charge in [-0.25, -0.2) is 0 Å². The lowest BCUT2D eigenvalue weighted by molar-refractivity contribution is 0.280. The maximum atomic E-state index is 4.17. The van der Waals surface area contributed by atoms with Gasteiger partial charge >= 0.3 is 0 Å². The van der Waals surface area contributed by atoms with Crippen LogP contribution in [0, 0.1) is 11.3 Å². The molecule has 0 saturated carbocycles. The minimum atomic E-state index is 0.254. The summed E-state index contributed by atoms with van der Waals surface area (Å²) in [5, 5.41) is 7.72. The van der Waals surface area contributed by atoms with Crippen molar-refractivity contribution in [2.75, 3.05) is 5.32 Å². The summed E-state index contributed by atoms with van der Waals surface area (Å²) >= 11 is 0. The molecule has 1 aromatic heterocycles. The molecule has 0 spiro atoms. The number of hydrogen-bond donors (Lipinski definition) is 1. The zero-order valence-electron chi connectivity index (χ0n) is 10.7. The van der Waals surface area contributed by atoms with E-state index in [2.05, 4.69) is 45.0 Å². The highest BCUT2D eigenvalue weighted by molar-refractivity contribution is 5.39. The van der Waals surface area contributed by atoms with Gasteiger partial charge in [0.15, 0.2) is 0 Å². The molecule has 0 amide bonds. The van der Waals surface area contributed by atoms with Crippen molar-refractivity contribution >= 4 is 5.69 Å². The van der Waals surface area contributed by atoms with Crippen molar-refractivity contribution in [1.29, 1.82) is 0 Å². The predicted molar refractivity (Wildman–Crippen MR) is 64.9 cm³/mol. The van der Waals surface area contributed by atoms with E-state index in [9.17, 15) is 0 Å². The smallest absolute Gasteiger partial charge is 0.0728 e. The average molecular weight is 209 g/mol. The van der Waals surface area contributed by atoms with Gasteiger partial charge in [0.1, 0.15) is 0 Å². The van der Waals surface area contributed by atoms with Crippen LogP contribution in [0.5, 0.6) is 0 Å². The van der Waals surface area contributed by atoms with Crippen LogP contribution < -0.4 is 5.32 Å². The Morgan fingerprint density at radius 1 is 1.33 bits per heavy atom. The number of aromatic nitrogens is 2. The van der Waals surface area contributed by atoms with E-state index in [0.29, 0.717) is 12.0 Å². The van der Waals surface area contributed by atoms with Gasteiger partial charge in [0.05, 0.1) is 11.9 Å². The highest BCUT2D eigenvalue weighted by atomic mass is 15.3. The fraction of sp³-hybridized carbons (Fsp3) is 0.750. The van der Waals surface area contributed by atoms with Crippen LogP contribution in [0.25, 0.3) is 0 Å². The highest BCUT2D eigenvalue weighted by Crippen LogP contribution is 2.28. The van der Waals surface area contributed by atoms with Crippen molar-refractivity contribution in [1.82, 2.24) is 9.78 Å². The number of nitrogens with zero attached hydrogens (tertiary/aromatic N) is 2.